The molecule has 2 heterocycles. The molecule has 2 rings (SSSR count). The Morgan fingerprint density at radius 3 is 2.67 bits per heavy atom. The molecule has 0 aliphatic heterocycles. The van der Waals surface area contributed by atoms with Gasteiger partial charge in [-0.1, -0.05) is 6.92 Å². The number of hydrogen-bond donors (Lipinski definition) is 1. The van der Waals surface area contributed by atoms with Gasteiger partial charge in [0.05, 0.1) is 0 Å². The van der Waals surface area contributed by atoms with Crippen LogP contribution in [0.5, 0.6) is 0 Å². The van der Waals surface area contributed by atoms with Crippen LogP contribution in [0, 0.1) is 6.92 Å². The van der Waals surface area contributed by atoms with Crippen LogP contribution in [-0.2, 0) is 6.42 Å². The molecule has 0 aromatic carbocycles. The van der Waals surface area contributed by atoms with E-state index in [4.69, 9.17) is 0 Å². The zero-order chi connectivity index (χ0) is 12.8. The number of rotatable bonds is 6. The Labute approximate surface area is 113 Å². The van der Waals surface area contributed by atoms with Gasteiger partial charge in [-0.2, -0.15) is 0 Å². The maximum Gasteiger partial charge on any atom is 0.0420 e. The minimum absolute atomic E-state index is 0.475. The highest BCUT2D eigenvalue weighted by Gasteiger charge is 2.13. The van der Waals surface area contributed by atoms with Crippen LogP contribution in [0.1, 0.15) is 35.4 Å². The summed E-state index contributed by atoms with van der Waals surface area (Å²) in [4.78, 5) is 5.54. The van der Waals surface area contributed by atoms with Crippen molar-refractivity contribution in [1.82, 2.24) is 10.3 Å². The van der Waals surface area contributed by atoms with E-state index in [-0.39, 0.29) is 0 Å². The lowest BCUT2D eigenvalue weighted by Crippen LogP contribution is -2.21. The van der Waals surface area contributed by atoms with Gasteiger partial charge in [0.1, 0.15) is 0 Å². The van der Waals surface area contributed by atoms with Crippen LogP contribution < -0.4 is 5.32 Å². The van der Waals surface area contributed by atoms with Gasteiger partial charge < -0.3 is 5.32 Å². The molecule has 96 valence electrons. The van der Waals surface area contributed by atoms with Gasteiger partial charge in [0, 0.05) is 23.3 Å². The van der Waals surface area contributed by atoms with E-state index >= 15 is 0 Å². The maximum absolute atomic E-state index is 4.06. The molecular formula is C15H20N2S. The summed E-state index contributed by atoms with van der Waals surface area (Å²) < 4.78 is 0. The lowest BCUT2D eigenvalue weighted by molar-refractivity contribution is 0.521. The molecular weight excluding hydrogens is 240 g/mol. The molecule has 1 unspecified atom stereocenters. The van der Waals surface area contributed by atoms with Crippen LogP contribution in [0.25, 0.3) is 0 Å². The second kappa shape index (κ2) is 6.66. The van der Waals surface area contributed by atoms with Crippen LogP contribution in [0.3, 0.4) is 0 Å². The van der Waals surface area contributed by atoms with Crippen molar-refractivity contribution in [2.24, 2.45) is 0 Å². The predicted molar refractivity (Wildman–Crippen MR) is 78.0 cm³/mol. The summed E-state index contributed by atoms with van der Waals surface area (Å²) in [6.07, 6.45) is 5.97. The average molecular weight is 260 g/mol. The molecule has 3 heteroatoms. The molecule has 1 N–H and O–H groups in total. The van der Waals surface area contributed by atoms with Crippen molar-refractivity contribution < 1.29 is 0 Å². The first-order chi connectivity index (χ1) is 8.81. The predicted octanol–water partition coefficient (Wildman–Crippen LogP) is 3.73. The van der Waals surface area contributed by atoms with E-state index < -0.39 is 0 Å². The van der Waals surface area contributed by atoms with Crippen LogP contribution >= 0.6 is 11.3 Å². The summed E-state index contributed by atoms with van der Waals surface area (Å²) in [5, 5.41) is 5.77. The van der Waals surface area contributed by atoms with Crippen molar-refractivity contribution in [2.45, 2.75) is 32.7 Å². The van der Waals surface area contributed by atoms with Crippen LogP contribution in [0.15, 0.2) is 36.0 Å². The molecule has 0 bridgehead atoms. The van der Waals surface area contributed by atoms with E-state index in [1.807, 2.05) is 23.7 Å². The summed E-state index contributed by atoms with van der Waals surface area (Å²) >= 11 is 1.86. The van der Waals surface area contributed by atoms with Gasteiger partial charge in [-0.3, -0.25) is 4.98 Å². The average Bonchev–Trinajstić information content (AvgIpc) is 2.82. The van der Waals surface area contributed by atoms with Crippen LogP contribution in [0.2, 0.25) is 0 Å². The molecule has 2 aromatic rings. The van der Waals surface area contributed by atoms with Gasteiger partial charge in [-0.05, 0) is 61.0 Å². The summed E-state index contributed by atoms with van der Waals surface area (Å²) in [6, 6.07) is 6.88. The quantitative estimate of drug-likeness (QED) is 0.856. The van der Waals surface area contributed by atoms with E-state index in [0.717, 1.165) is 19.4 Å². The first-order valence-electron chi connectivity index (χ1n) is 6.47. The molecule has 0 amide bonds. The highest BCUT2D eigenvalue weighted by atomic mass is 32.1. The molecule has 2 nitrogen and oxygen atoms in total. The normalized spacial score (nSPS) is 12.6. The number of nitrogens with one attached hydrogen (secondary N) is 1. The molecule has 0 aliphatic carbocycles. The first kappa shape index (κ1) is 13.2. The zero-order valence-electron chi connectivity index (χ0n) is 11.0. The Kier molecular flexibility index (Phi) is 4.90. The lowest BCUT2D eigenvalue weighted by Gasteiger charge is -2.17. The zero-order valence-corrected chi connectivity index (χ0v) is 11.8. The third kappa shape index (κ3) is 3.40. The highest BCUT2D eigenvalue weighted by molar-refractivity contribution is 7.10. The van der Waals surface area contributed by atoms with E-state index in [1.54, 1.807) is 0 Å². The van der Waals surface area contributed by atoms with Gasteiger partial charge in [0.2, 0.25) is 0 Å². The fourth-order valence-electron chi connectivity index (χ4n) is 2.17. The van der Waals surface area contributed by atoms with Crippen molar-refractivity contribution in [1.29, 1.82) is 0 Å². The van der Waals surface area contributed by atoms with Gasteiger partial charge in [-0.25, -0.2) is 0 Å². The van der Waals surface area contributed by atoms with Gasteiger partial charge >= 0.3 is 0 Å². The molecule has 0 aliphatic rings. The molecule has 2 aromatic heterocycles. The lowest BCUT2D eigenvalue weighted by atomic mass is 10.0. The molecule has 0 saturated heterocycles. The van der Waals surface area contributed by atoms with Crippen molar-refractivity contribution in [3.8, 4) is 0 Å². The topological polar surface area (TPSA) is 24.9 Å². The summed E-state index contributed by atoms with van der Waals surface area (Å²) in [6.45, 7) is 5.38. The summed E-state index contributed by atoms with van der Waals surface area (Å²) in [5.41, 5.74) is 2.77. The molecule has 0 fully saturated rings. The Hall–Kier alpha value is -1.19. The van der Waals surface area contributed by atoms with Crippen molar-refractivity contribution in [3.05, 3.63) is 52.0 Å². The summed E-state index contributed by atoms with van der Waals surface area (Å²) in [7, 11) is 0. The second-order valence-corrected chi connectivity index (χ2v) is 5.42. The number of hydrogen-bond acceptors (Lipinski definition) is 3. The number of nitrogens with zero attached hydrogens (tertiary/aromatic N) is 1. The Morgan fingerprint density at radius 2 is 2.06 bits per heavy atom. The number of aromatic nitrogens is 1. The van der Waals surface area contributed by atoms with Gasteiger partial charge in [0.15, 0.2) is 0 Å². The second-order valence-electron chi connectivity index (χ2n) is 4.47. The van der Waals surface area contributed by atoms with Gasteiger partial charge in [0.25, 0.3) is 0 Å². The van der Waals surface area contributed by atoms with E-state index in [0.29, 0.717) is 6.04 Å². The Bertz CT molecular complexity index is 464. The molecule has 0 spiro atoms. The number of thiophene rings is 1. The van der Waals surface area contributed by atoms with Crippen molar-refractivity contribution in [2.75, 3.05) is 6.54 Å². The highest BCUT2D eigenvalue weighted by Crippen LogP contribution is 2.27. The number of pyridine rings is 1. The standard InChI is InChI=1S/C15H20N2S/c1-3-17-14(15-12(2)8-11-18-15)5-4-13-6-9-16-10-7-13/h6-11,14,17H,3-5H2,1-2H3. The maximum atomic E-state index is 4.06. The summed E-state index contributed by atoms with van der Waals surface area (Å²) in [5.74, 6) is 0. The van der Waals surface area contributed by atoms with Crippen molar-refractivity contribution >= 4 is 11.3 Å². The van der Waals surface area contributed by atoms with Crippen LogP contribution in [-0.4, -0.2) is 11.5 Å². The smallest absolute Gasteiger partial charge is 0.0420 e. The Balaban J connectivity index is 2.01. The molecule has 0 saturated carbocycles. The minimum Gasteiger partial charge on any atom is -0.310 e. The molecule has 1 atom stereocenters. The fourth-order valence-corrected chi connectivity index (χ4v) is 3.21. The van der Waals surface area contributed by atoms with E-state index in [2.05, 4.69) is 47.7 Å². The third-order valence-electron chi connectivity index (χ3n) is 3.14. The Morgan fingerprint density at radius 1 is 1.28 bits per heavy atom. The van der Waals surface area contributed by atoms with Gasteiger partial charge in [-0.15, -0.1) is 11.3 Å². The largest absolute Gasteiger partial charge is 0.310 e. The van der Waals surface area contributed by atoms with E-state index in [9.17, 15) is 0 Å². The monoisotopic (exact) mass is 260 g/mol. The van der Waals surface area contributed by atoms with Crippen LogP contribution in [0.4, 0.5) is 0 Å². The number of aryl methyl sites for hydroxylation is 2. The fraction of sp³-hybridized carbons (Fsp3) is 0.400. The first-order valence-corrected chi connectivity index (χ1v) is 7.35. The molecule has 0 radical (unpaired) electrons. The van der Waals surface area contributed by atoms with E-state index in [1.165, 1.54) is 16.0 Å². The SMILES string of the molecule is CCNC(CCc1ccncc1)c1sccc1C. The molecule has 18 heavy (non-hydrogen) atoms. The van der Waals surface area contributed by atoms with Crippen molar-refractivity contribution in [3.63, 3.8) is 0 Å². The third-order valence-corrected chi connectivity index (χ3v) is 4.27. The minimum atomic E-state index is 0.475.